The van der Waals surface area contributed by atoms with E-state index in [1.807, 2.05) is 0 Å². The third-order valence-corrected chi connectivity index (χ3v) is 4.26. The molecule has 62 valence electrons. The van der Waals surface area contributed by atoms with Crippen molar-refractivity contribution in [2.24, 2.45) is 0 Å². The van der Waals surface area contributed by atoms with Crippen molar-refractivity contribution in [2.45, 2.75) is 11.3 Å². The van der Waals surface area contributed by atoms with E-state index in [1.165, 1.54) is 0 Å². The molecule has 0 fully saturated rings. The molecule has 2 unspecified atom stereocenters. The molecule has 0 bridgehead atoms. The van der Waals surface area contributed by atoms with Crippen LogP contribution in [-0.4, -0.2) is 27.8 Å². The van der Waals surface area contributed by atoms with Crippen LogP contribution in [0.3, 0.4) is 0 Å². The van der Waals surface area contributed by atoms with Crippen LogP contribution in [0, 0.1) is 0 Å². The van der Waals surface area contributed by atoms with Gasteiger partial charge in [0, 0.05) is 6.26 Å². The van der Waals surface area contributed by atoms with Gasteiger partial charge in [-0.2, -0.15) is 0 Å². The molecule has 0 saturated heterocycles. The van der Waals surface area contributed by atoms with Crippen LogP contribution in [0.15, 0.2) is 0 Å². The van der Waals surface area contributed by atoms with Gasteiger partial charge in [0.25, 0.3) is 0 Å². The van der Waals surface area contributed by atoms with Crippen LogP contribution >= 0.6 is 0 Å². The van der Waals surface area contributed by atoms with Crippen molar-refractivity contribution in [1.82, 2.24) is 0 Å². The molecule has 2 atom stereocenters. The monoisotopic (exact) mass is 190 g/mol. The highest BCUT2D eigenvalue weighted by Crippen LogP contribution is 2.20. The SMILES string of the molecule is CC(F)(S(=O)O)S(C)(=O)=O. The van der Waals surface area contributed by atoms with E-state index >= 15 is 0 Å². The van der Waals surface area contributed by atoms with Gasteiger partial charge >= 0.3 is 4.33 Å². The molecule has 0 aromatic carbocycles. The zero-order valence-electron chi connectivity index (χ0n) is 5.37. The Labute approximate surface area is 60.6 Å². The smallest absolute Gasteiger partial charge is 0.303 e. The number of rotatable bonds is 2. The molecule has 0 heterocycles. The summed E-state index contributed by atoms with van der Waals surface area (Å²) in [6, 6.07) is 0. The van der Waals surface area contributed by atoms with Gasteiger partial charge < -0.3 is 4.55 Å². The summed E-state index contributed by atoms with van der Waals surface area (Å²) < 4.78 is 48.4. The minimum Gasteiger partial charge on any atom is -0.303 e. The van der Waals surface area contributed by atoms with Gasteiger partial charge in [0.15, 0.2) is 9.84 Å². The van der Waals surface area contributed by atoms with Gasteiger partial charge in [0.2, 0.25) is 11.1 Å². The van der Waals surface area contributed by atoms with E-state index in [0.29, 0.717) is 13.2 Å². The maximum Gasteiger partial charge on any atom is 0.305 e. The molecule has 0 aromatic heterocycles. The molecule has 0 amide bonds. The summed E-state index contributed by atoms with van der Waals surface area (Å²) in [7, 11) is -4.12. The van der Waals surface area contributed by atoms with Gasteiger partial charge in [-0.1, -0.05) is 0 Å². The number of hydrogen-bond donors (Lipinski definition) is 1. The minimum absolute atomic E-state index is 0.540. The molecule has 10 heavy (non-hydrogen) atoms. The Kier molecular flexibility index (Phi) is 2.55. The van der Waals surface area contributed by atoms with Crippen LogP contribution in [0.5, 0.6) is 0 Å². The van der Waals surface area contributed by atoms with Crippen molar-refractivity contribution in [3.8, 4) is 0 Å². The molecule has 0 aliphatic heterocycles. The molecule has 0 aromatic rings. The predicted molar refractivity (Wildman–Crippen MR) is 35.1 cm³/mol. The fraction of sp³-hybridized carbons (Fsp3) is 1.00. The number of hydrogen-bond acceptors (Lipinski definition) is 3. The molecule has 4 nitrogen and oxygen atoms in total. The molecular formula is C3H7FO4S2. The summed E-state index contributed by atoms with van der Waals surface area (Å²) >= 11 is -3.00. The van der Waals surface area contributed by atoms with Crippen LogP contribution in [0.1, 0.15) is 6.92 Å². The average molecular weight is 190 g/mol. The van der Waals surface area contributed by atoms with Crippen molar-refractivity contribution in [3.63, 3.8) is 0 Å². The summed E-state index contributed by atoms with van der Waals surface area (Å²) in [6.45, 7) is 0.540. The van der Waals surface area contributed by atoms with E-state index in [1.54, 1.807) is 0 Å². The molecule has 1 N–H and O–H groups in total. The Morgan fingerprint density at radius 2 is 1.90 bits per heavy atom. The second-order valence-corrected chi connectivity index (χ2v) is 5.69. The zero-order chi connectivity index (χ0) is 8.58. The largest absolute Gasteiger partial charge is 0.305 e. The molecule has 0 saturated carbocycles. The molecule has 0 spiro atoms. The first-order chi connectivity index (χ1) is 4.19. The van der Waals surface area contributed by atoms with E-state index < -0.39 is 25.3 Å². The zero-order valence-corrected chi connectivity index (χ0v) is 7.00. The number of alkyl halides is 1. The Balaban J connectivity index is 4.95. The van der Waals surface area contributed by atoms with E-state index in [0.717, 1.165) is 0 Å². The van der Waals surface area contributed by atoms with Crippen LogP contribution < -0.4 is 0 Å². The van der Waals surface area contributed by atoms with Gasteiger partial charge in [0.05, 0.1) is 0 Å². The lowest BCUT2D eigenvalue weighted by atomic mass is 10.9. The highest BCUT2D eigenvalue weighted by molar-refractivity contribution is 8.04. The Morgan fingerprint density at radius 1 is 1.60 bits per heavy atom. The summed E-state index contributed by atoms with van der Waals surface area (Å²) in [6.07, 6.45) is 0.557. The van der Waals surface area contributed by atoms with Crippen LogP contribution in [-0.2, 0) is 20.9 Å². The normalized spacial score (nSPS) is 21.6. The third kappa shape index (κ3) is 1.74. The van der Waals surface area contributed by atoms with E-state index in [2.05, 4.69) is 0 Å². The van der Waals surface area contributed by atoms with Gasteiger partial charge in [-0.25, -0.2) is 17.0 Å². The first kappa shape index (κ1) is 9.99. The summed E-state index contributed by atoms with van der Waals surface area (Å²) in [4.78, 5) is 0. The van der Waals surface area contributed by atoms with Crippen molar-refractivity contribution >= 4 is 20.9 Å². The molecule has 7 heteroatoms. The topological polar surface area (TPSA) is 71.4 Å². The average Bonchev–Trinajstić information content (AvgIpc) is 1.62. The van der Waals surface area contributed by atoms with E-state index in [-0.39, 0.29) is 0 Å². The lowest BCUT2D eigenvalue weighted by Gasteiger charge is -2.11. The highest BCUT2D eigenvalue weighted by Gasteiger charge is 2.42. The minimum atomic E-state index is -4.12. The number of halogens is 1. The first-order valence-electron chi connectivity index (χ1n) is 2.19. The molecule has 0 aliphatic rings. The summed E-state index contributed by atoms with van der Waals surface area (Å²) in [5, 5.41) is 0. The second kappa shape index (κ2) is 2.55. The Hall–Kier alpha value is -0.0100. The molecular weight excluding hydrogens is 183 g/mol. The quantitative estimate of drug-likeness (QED) is 0.617. The fourth-order valence-electron chi connectivity index (χ4n) is 0.129. The van der Waals surface area contributed by atoms with Crippen LogP contribution in [0.25, 0.3) is 0 Å². The van der Waals surface area contributed by atoms with Crippen molar-refractivity contribution in [2.75, 3.05) is 6.26 Å². The second-order valence-electron chi connectivity index (χ2n) is 1.86. The molecule has 0 rings (SSSR count). The van der Waals surface area contributed by atoms with Crippen molar-refractivity contribution in [3.05, 3.63) is 0 Å². The Morgan fingerprint density at radius 3 is 1.90 bits per heavy atom. The maximum absolute atomic E-state index is 12.6. The van der Waals surface area contributed by atoms with E-state index in [9.17, 15) is 17.0 Å². The Bertz CT molecular complexity index is 241. The van der Waals surface area contributed by atoms with Crippen LogP contribution in [0.4, 0.5) is 4.39 Å². The highest BCUT2D eigenvalue weighted by atomic mass is 32.3. The van der Waals surface area contributed by atoms with Gasteiger partial charge in [-0.05, 0) is 6.92 Å². The lowest BCUT2D eigenvalue weighted by molar-refractivity contribution is 0.374. The maximum atomic E-state index is 12.6. The van der Waals surface area contributed by atoms with Crippen molar-refractivity contribution in [1.29, 1.82) is 0 Å². The standard InChI is InChI=1S/C3H7FO4S2/c1-3(4,9(5)6)10(2,7)8/h1-2H3,(H,5,6). The van der Waals surface area contributed by atoms with Crippen molar-refractivity contribution < 1.29 is 21.6 Å². The summed E-state index contributed by atoms with van der Waals surface area (Å²) in [5.74, 6) is 0. The van der Waals surface area contributed by atoms with Gasteiger partial charge in [-0.3, -0.25) is 0 Å². The number of sulfone groups is 1. The predicted octanol–water partition coefficient (Wildman–Crippen LogP) is -0.104. The lowest BCUT2D eigenvalue weighted by Crippen LogP contribution is -2.33. The van der Waals surface area contributed by atoms with Gasteiger partial charge in [-0.15, -0.1) is 0 Å². The van der Waals surface area contributed by atoms with Gasteiger partial charge in [0.1, 0.15) is 0 Å². The molecule has 0 radical (unpaired) electrons. The van der Waals surface area contributed by atoms with E-state index in [4.69, 9.17) is 4.55 Å². The summed E-state index contributed by atoms with van der Waals surface area (Å²) in [5.41, 5.74) is 0. The first-order valence-corrected chi connectivity index (χ1v) is 5.19. The third-order valence-electron chi connectivity index (χ3n) is 0.974. The fourth-order valence-corrected chi connectivity index (χ4v) is 1.17. The molecule has 0 aliphatic carbocycles. The van der Waals surface area contributed by atoms with Crippen LogP contribution in [0.2, 0.25) is 0 Å².